The summed E-state index contributed by atoms with van der Waals surface area (Å²) in [4.78, 5) is 0. The first-order valence-electron chi connectivity index (χ1n) is 9.72. The number of rotatable bonds is 3. The normalized spacial score (nSPS) is 11.2. The molecule has 0 saturated carbocycles. The second-order valence-corrected chi connectivity index (χ2v) is 8.27. The quantitative estimate of drug-likeness (QED) is 0.375. The van der Waals surface area contributed by atoms with E-state index in [2.05, 4.69) is 85.1 Å². The molecule has 0 aliphatic rings. The van der Waals surface area contributed by atoms with Crippen molar-refractivity contribution in [3.63, 3.8) is 0 Å². The zero-order valence-corrected chi connectivity index (χ0v) is 19.7. The Morgan fingerprint density at radius 3 is 1.39 bits per heavy atom. The Balaban J connectivity index is 2.24. The zero-order chi connectivity index (χ0) is 21.3. The average Bonchev–Trinajstić information content (AvgIpc) is 2.67. The van der Waals surface area contributed by atoms with Crippen LogP contribution in [0, 0.1) is 69.2 Å². The summed E-state index contributed by atoms with van der Waals surface area (Å²) in [6.07, 6.45) is 1.88. The molecule has 0 amide bonds. The van der Waals surface area contributed by atoms with E-state index in [4.69, 9.17) is 12.2 Å². The van der Waals surface area contributed by atoms with E-state index in [1.807, 2.05) is 6.21 Å². The molecule has 0 unspecified atom stereocenters. The van der Waals surface area contributed by atoms with E-state index in [1.54, 1.807) is 0 Å². The molecule has 0 spiro atoms. The monoisotopic (exact) mass is 395 g/mol. The van der Waals surface area contributed by atoms with Crippen molar-refractivity contribution in [3.8, 4) is 0 Å². The molecule has 0 saturated heterocycles. The lowest BCUT2D eigenvalue weighted by Gasteiger charge is -2.20. The zero-order valence-electron chi connectivity index (χ0n) is 18.9. The van der Waals surface area contributed by atoms with Crippen molar-refractivity contribution in [2.75, 3.05) is 5.32 Å². The summed E-state index contributed by atoms with van der Waals surface area (Å²) in [7, 11) is 0. The summed E-state index contributed by atoms with van der Waals surface area (Å²) < 4.78 is 0. The van der Waals surface area contributed by atoms with Crippen LogP contribution in [0.15, 0.2) is 5.10 Å². The Kier molecular flexibility index (Phi) is 6.66. The van der Waals surface area contributed by atoms with Crippen LogP contribution in [-0.2, 0) is 0 Å². The SMILES string of the molecule is Cc1c(C)c(C)c(/C=N/NC(=S)Nc2c(C)c(C)c(C)c(C)c2C)c(C)c1C. The standard InChI is InChI=1S/C24H33N3S/c1-12-14(3)18(7)22(19(8)15(12)4)11-25-27-24(28)26-23-20(9)16(5)13(2)17(6)21(23)10/h11H,1-10H3,(H2,26,27,28)/b25-11+. The molecule has 0 fully saturated rings. The molecule has 4 heteroatoms. The number of hydrogen-bond donors (Lipinski definition) is 2. The molecular weight excluding hydrogens is 362 g/mol. The van der Waals surface area contributed by atoms with Crippen LogP contribution >= 0.6 is 12.2 Å². The van der Waals surface area contributed by atoms with Gasteiger partial charge in [0.15, 0.2) is 5.11 Å². The predicted molar refractivity (Wildman–Crippen MR) is 127 cm³/mol. The lowest BCUT2D eigenvalue weighted by molar-refractivity contribution is 1.04. The number of nitrogens with one attached hydrogen (secondary N) is 2. The lowest BCUT2D eigenvalue weighted by Crippen LogP contribution is -2.25. The maximum atomic E-state index is 5.49. The van der Waals surface area contributed by atoms with Crippen molar-refractivity contribution in [1.29, 1.82) is 0 Å². The minimum absolute atomic E-state index is 0.501. The molecular formula is C24H33N3S. The maximum absolute atomic E-state index is 5.49. The maximum Gasteiger partial charge on any atom is 0.191 e. The third-order valence-corrected chi connectivity index (χ3v) is 6.85. The van der Waals surface area contributed by atoms with Gasteiger partial charge in [-0.1, -0.05) is 0 Å². The van der Waals surface area contributed by atoms with Gasteiger partial charge in [0.2, 0.25) is 0 Å². The minimum Gasteiger partial charge on any atom is -0.331 e. The fourth-order valence-corrected chi connectivity index (χ4v) is 3.86. The van der Waals surface area contributed by atoms with Crippen molar-refractivity contribution in [3.05, 3.63) is 61.2 Å². The highest BCUT2D eigenvalue weighted by atomic mass is 32.1. The van der Waals surface area contributed by atoms with Crippen molar-refractivity contribution >= 4 is 29.2 Å². The van der Waals surface area contributed by atoms with E-state index < -0.39 is 0 Å². The lowest BCUT2D eigenvalue weighted by atomic mass is 9.90. The third kappa shape index (κ3) is 3.97. The van der Waals surface area contributed by atoms with Crippen molar-refractivity contribution < 1.29 is 0 Å². The van der Waals surface area contributed by atoms with Crippen LogP contribution in [-0.4, -0.2) is 11.3 Å². The molecule has 28 heavy (non-hydrogen) atoms. The van der Waals surface area contributed by atoms with Gasteiger partial charge in [-0.05, 0) is 137 Å². The van der Waals surface area contributed by atoms with Gasteiger partial charge in [-0.15, -0.1) is 0 Å². The van der Waals surface area contributed by atoms with E-state index in [9.17, 15) is 0 Å². The Morgan fingerprint density at radius 1 is 0.607 bits per heavy atom. The van der Waals surface area contributed by atoms with Gasteiger partial charge in [0, 0.05) is 11.3 Å². The predicted octanol–water partition coefficient (Wildman–Crippen LogP) is 6.09. The first kappa shape index (κ1) is 22.1. The highest BCUT2D eigenvalue weighted by Crippen LogP contribution is 2.30. The molecule has 0 aliphatic heterocycles. The van der Waals surface area contributed by atoms with Gasteiger partial charge < -0.3 is 5.32 Å². The van der Waals surface area contributed by atoms with E-state index in [0.717, 1.165) is 11.3 Å². The van der Waals surface area contributed by atoms with E-state index in [0.29, 0.717) is 5.11 Å². The molecule has 0 bridgehead atoms. The fraction of sp³-hybridized carbons (Fsp3) is 0.417. The van der Waals surface area contributed by atoms with Crippen LogP contribution in [0.25, 0.3) is 0 Å². The fourth-order valence-electron chi connectivity index (χ4n) is 3.71. The number of nitrogens with zero attached hydrogens (tertiary/aromatic N) is 1. The number of benzene rings is 2. The molecule has 3 nitrogen and oxygen atoms in total. The van der Waals surface area contributed by atoms with Gasteiger partial charge in [-0.25, -0.2) is 0 Å². The molecule has 0 heterocycles. The summed E-state index contributed by atoms with van der Waals surface area (Å²) in [5.41, 5.74) is 18.1. The average molecular weight is 396 g/mol. The van der Waals surface area contributed by atoms with Gasteiger partial charge >= 0.3 is 0 Å². The summed E-state index contributed by atoms with van der Waals surface area (Å²) in [5, 5.41) is 8.26. The van der Waals surface area contributed by atoms with E-state index in [1.165, 1.54) is 55.6 Å². The topological polar surface area (TPSA) is 36.4 Å². The van der Waals surface area contributed by atoms with Crippen LogP contribution in [0.1, 0.15) is 61.2 Å². The summed E-state index contributed by atoms with van der Waals surface area (Å²) >= 11 is 5.49. The van der Waals surface area contributed by atoms with Crippen molar-refractivity contribution in [2.45, 2.75) is 69.2 Å². The third-order valence-electron chi connectivity index (χ3n) is 6.66. The van der Waals surface area contributed by atoms with E-state index >= 15 is 0 Å². The Labute approximate surface area is 175 Å². The number of thiocarbonyl (C=S) groups is 1. The molecule has 0 atom stereocenters. The van der Waals surface area contributed by atoms with Crippen LogP contribution in [0.5, 0.6) is 0 Å². The summed E-state index contributed by atoms with van der Waals surface area (Å²) in [5.74, 6) is 0. The first-order valence-corrected chi connectivity index (χ1v) is 10.1. The summed E-state index contributed by atoms with van der Waals surface area (Å²) in [6.45, 7) is 21.6. The highest BCUT2D eigenvalue weighted by molar-refractivity contribution is 7.80. The van der Waals surface area contributed by atoms with Crippen molar-refractivity contribution in [1.82, 2.24) is 5.43 Å². The van der Waals surface area contributed by atoms with Crippen LogP contribution in [0.2, 0.25) is 0 Å². The van der Waals surface area contributed by atoms with Crippen LogP contribution in [0.4, 0.5) is 5.69 Å². The minimum atomic E-state index is 0.501. The molecule has 2 aromatic rings. The number of hydrazone groups is 1. The van der Waals surface area contributed by atoms with Gasteiger partial charge in [-0.2, -0.15) is 5.10 Å². The summed E-state index contributed by atoms with van der Waals surface area (Å²) in [6, 6.07) is 0. The molecule has 0 aromatic heterocycles. The Hall–Kier alpha value is -2.20. The Morgan fingerprint density at radius 2 is 0.964 bits per heavy atom. The first-order chi connectivity index (χ1) is 13.0. The molecule has 0 radical (unpaired) electrons. The van der Waals surface area contributed by atoms with Crippen LogP contribution in [0.3, 0.4) is 0 Å². The molecule has 2 N–H and O–H groups in total. The smallest absolute Gasteiger partial charge is 0.191 e. The van der Waals surface area contributed by atoms with Gasteiger partial charge in [0.05, 0.1) is 6.21 Å². The second-order valence-electron chi connectivity index (χ2n) is 7.86. The Bertz CT molecular complexity index is 926. The largest absolute Gasteiger partial charge is 0.331 e. The van der Waals surface area contributed by atoms with Gasteiger partial charge in [0.1, 0.15) is 0 Å². The van der Waals surface area contributed by atoms with Crippen molar-refractivity contribution in [2.24, 2.45) is 5.10 Å². The van der Waals surface area contributed by atoms with Gasteiger partial charge in [-0.3, -0.25) is 5.43 Å². The van der Waals surface area contributed by atoms with Gasteiger partial charge in [0.25, 0.3) is 0 Å². The molecule has 2 aromatic carbocycles. The van der Waals surface area contributed by atoms with Crippen LogP contribution < -0.4 is 10.7 Å². The molecule has 0 aliphatic carbocycles. The number of hydrogen-bond acceptors (Lipinski definition) is 2. The highest BCUT2D eigenvalue weighted by Gasteiger charge is 2.13. The molecule has 150 valence electrons. The molecule has 2 rings (SSSR count). The second kappa shape index (κ2) is 8.44. The van der Waals surface area contributed by atoms with E-state index in [-0.39, 0.29) is 0 Å². The number of anilines is 1.